The highest BCUT2D eigenvalue weighted by Gasteiger charge is 2.01. The summed E-state index contributed by atoms with van der Waals surface area (Å²) in [6, 6.07) is 0. The molecule has 0 radical (unpaired) electrons. The van der Waals surface area contributed by atoms with Gasteiger partial charge >= 0.3 is 0 Å². The Kier molecular flexibility index (Phi) is 6.87. The molecule has 0 spiro atoms. The minimum atomic E-state index is 0.329. The molecule has 0 heterocycles. The first-order valence-electron chi connectivity index (χ1n) is 4.65. The SMILES string of the molecule is CC=COC(C)CCN(C)CC. The van der Waals surface area contributed by atoms with Crippen molar-refractivity contribution in [2.45, 2.75) is 33.3 Å². The maximum atomic E-state index is 5.38. The van der Waals surface area contributed by atoms with E-state index in [0.717, 1.165) is 19.5 Å². The van der Waals surface area contributed by atoms with Crippen molar-refractivity contribution < 1.29 is 4.74 Å². The van der Waals surface area contributed by atoms with E-state index in [1.807, 2.05) is 13.0 Å². The van der Waals surface area contributed by atoms with Gasteiger partial charge in [0, 0.05) is 6.54 Å². The van der Waals surface area contributed by atoms with Crippen molar-refractivity contribution in [1.82, 2.24) is 4.90 Å². The van der Waals surface area contributed by atoms with E-state index in [-0.39, 0.29) is 0 Å². The van der Waals surface area contributed by atoms with E-state index in [1.165, 1.54) is 0 Å². The molecule has 0 fully saturated rings. The predicted octanol–water partition coefficient (Wildman–Crippen LogP) is 2.27. The standard InChI is InChI=1S/C10H21NO/c1-5-9-12-10(3)7-8-11(4)6-2/h5,9-10H,6-8H2,1-4H3. The van der Waals surface area contributed by atoms with Gasteiger partial charge in [0.15, 0.2) is 0 Å². The van der Waals surface area contributed by atoms with Gasteiger partial charge in [-0.2, -0.15) is 0 Å². The van der Waals surface area contributed by atoms with Crippen LogP contribution in [0.1, 0.15) is 27.2 Å². The topological polar surface area (TPSA) is 12.5 Å². The fourth-order valence-electron chi connectivity index (χ4n) is 0.841. The lowest BCUT2D eigenvalue weighted by molar-refractivity contribution is 0.139. The molecule has 72 valence electrons. The molecule has 0 aromatic carbocycles. The Labute approximate surface area is 76.2 Å². The fourth-order valence-corrected chi connectivity index (χ4v) is 0.841. The second-order valence-electron chi connectivity index (χ2n) is 3.10. The van der Waals surface area contributed by atoms with Gasteiger partial charge in [-0.3, -0.25) is 0 Å². The zero-order chi connectivity index (χ0) is 9.40. The van der Waals surface area contributed by atoms with E-state index < -0.39 is 0 Å². The lowest BCUT2D eigenvalue weighted by atomic mass is 10.3. The quantitative estimate of drug-likeness (QED) is 0.568. The molecule has 2 nitrogen and oxygen atoms in total. The van der Waals surface area contributed by atoms with Gasteiger partial charge < -0.3 is 9.64 Å². The molecule has 12 heavy (non-hydrogen) atoms. The van der Waals surface area contributed by atoms with Gasteiger partial charge in [0.05, 0.1) is 12.4 Å². The Balaban J connectivity index is 3.36. The maximum absolute atomic E-state index is 5.38. The maximum Gasteiger partial charge on any atom is 0.0962 e. The fraction of sp³-hybridized carbons (Fsp3) is 0.800. The Morgan fingerprint density at radius 1 is 1.50 bits per heavy atom. The van der Waals surface area contributed by atoms with E-state index in [4.69, 9.17) is 4.74 Å². The molecule has 0 aliphatic carbocycles. The van der Waals surface area contributed by atoms with Crippen LogP contribution in [-0.4, -0.2) is 31.1 Å². The van der Waals surface area contributed by atoms with Gasteiger partial charge in [0.1, 0.15) is 0 Å². The van der Waals surface area contributed by atoms with Crippen LogP contribution in [0.2, 0.25) is 0 Å². The zero-order valence-electron chi connectivity index (χ0n) is 8.71. The molecule has 0 bridgehead atoms. The second-order valence-corrected chi connectivity index (χ2v) is 3.10. The first kappa shape index (κ1) is 11.5. The van der Waals surface area contributed by atoms with Gasteiger partial charge in [-0.05, 0) is 33.9 Å². The monoisotopic (exact) mass is 171 g/mol. The third kappa shape index (κ3) is 6.23. The van der Waals surface area contributed by atoms with Crippen LogP contribution < -0.4 is 0 Å². The van der Waals surface area contributed by atoms with Crippen molar-refractivity contribution in [3.8, 4) is 0 Å². The molecule has 2 heteroatoms. The van der Waals surface area contributed by atoms with Crippen molar-refractivity contribution in [3.05, 3.63) is 12.3 Å². The molecule has 0 aromatic heterocycles. The van der Waals surface area contributed by atoms with Crippen LogP contribution in [0.15, 0.2) is 12.3 Å². The van der Waals surface area contributed by atoms with Gasteiger partial charge in [-0.25, -0.2) is 0 Å². The van der Waals surface area contributed by atoms with Crippen LogP contribution in [0.4, 0.5) is 0 Å². The number of allylic oxidation sites excluding steroid dienone is 1. The lowest BCUT2D eigenvalue weighted by Crippen LogP contribution is -2.22. The summed E-state index contributed by atoms with van der Waals surface area (Å²) in [4.78, 5) is 2.29. The molecule has 1 unspecified atom stereocenters. The normalized spacial score (nSPS) is 14.1. The van der Waals surface area contributed by atoms with Crippen molar-refractivity contribution in [1.29, 1.82) is 0 Å². The second kappa shape index (κ2) is 7.17. The highest BCUT2D eigenvalue weighted by molar-refractivity contribution is 4.68. The summed E-state index contributed by atoms with van der Waals surface area (Å²) in [6.07, 6.45) is 5.10. The zero-order valence-corrected chi connectivity index (χ0v) is 8.71. The third-order valence-electron chi connectivity index (χ3n) is 1.90. The molecule has 0 saturated heterocycles. The Morgan fingerprint density at radius 3 is 2.67 bits per heavy atom. The average molecular weight is 171 g/mol. The number of hydrogen-bond acceptors (Lipinski definition) is 2. The van der Waals surface area contributed by atoms with Gasteiger partial charge in [-0.15, -0.1) is 0 Å². The summed E-state index contributed by atoms with van der Waals surface area (Å²) in [6.45, 7) is 8.44. The predicted molar refractivity (Wildman–Crippen MR) is 53.1 cm³/mol. The third-order valence-corrected chi connectivity index (χ3v) is 1.90. The molecule has 0 N–H and O–H groups in total. The van der Waals surface area contributed by atoms with Crippen molar-refractivity contribution in [2.75, 3.05) is 20.1 Å². The summed E-state index contributed by atoms with van der Waals surface area (Å²) in [5.41, 5.74) is 0. The van der Waals surface area contributed by atoms with Gasteiger partial charge in [-0.1, -0.05) is 13.0 Å². The van der Waals surface area contributed by atoms with E-state index in [1.54, 1.807) is 6.26 Å². The first-order valence-corrected chi connectivity index (χ1v) is 4.65. The number of ether oxygens (including phenoxy) is 1. The van der Waals surface area contributed by atoms with Crippen LogP contribution in [0.5, 0.6) is 0 Å². The Morgan fingerprint density at radius 2 is 2.17 bits per heavy atom. The lowest BCUT2D eigenvalue weighted by Gasteiger charge is -2.17. The highest BCUT2D eigenvalue weighted by atomic mass is 16.5. The summed E-state index contributed by atoms with van der Waals surface area (Å²) >= 11 is 0. The van der Waals surface area contributed by atoms with Gasteiger partial charge in [0.25, 0.3) is 0 Å². The molecule has 0 aliphatic rings. The summed E-state index contributed by atoms with van der Waals surface area (Å²) in [5.74, 6) is 0. The number of nitrogens with zero attached hydrogens (tertiary/aromatic N) is 1. The van der Waals surface area contributed by atoms with Crippen LogP contribution in [0.25, 0.3) is 0 Å². The van der Waals surface area contributed by atoms with Crippen molar-refractivity contribution in [3.63, 3.8) is 0 Å². The molecular formula is C10H21NO. The van der Waals surface area contributed by atoms with Crippen LogP contribution in [0, 0.1) is 0 Å². The summed E-state index contributed by atoms with van der Waals surface area (Å²) < 4.78 is 5.38. The molecule has 1 atom stereocenters. The van der Waals surface area contributed by atoms with E-state index >= 15 is 0 Å². The first-order chi connectivity index (χ1) is 5.70. The number of hydrogen-bond donors (Lipinski definition) is 0. The molecule has 0 amide bonds. The largest absolute Gasteiger partial charge is 0.499 e. The van der Waals surface area contributed by atoms with Crippen LogP contribution in [-0.2, 0) is 4.74 Å². The van der Waals surface area contributed by atoms with Crippen LogP contribution >= 0.6 is 0 Å². The van der Waals surface area contributed by atoms with Crippen molar-refractivity contribution >= 4 is 0 Å². The molecule has 0 aliphatic heterocycles. The molecular weight excluding hydrogens is 150 g/mol. The minimum Gasteiger partial charge on any atom is -0.499 e. The smallest absolute Gasteiger partial charge is 0.0962 e. The minimum absolute atomic E-state index is 0.329. The molecule has 0 rings (SSSR count). The van der Waals surface area contributed by atoms with Gasteiger partial charge in [0.2, 0.25) is 0 Å². The molecule has 0 saturated carbocycles. The summed E-state index contributed by atoms with van der Waals surface area (Å²) in [7, 11) is 2.13. The highest BCUT2D eigenvalue weighted by Crippen LogP contribution is 1.99. The molecule has 0 aromatic rings. The van der Waals surface area contributed by atoms with Crippen LogP contribution in [0.3, 0.4) is 0 Å². The Bertz CT molecular complexity index is 123. The van der Waals surface area contributed by atoms with Crippen molar-refractivity contribution in [2.24, 2.45) is 0 Å². The van der Waals surface area contributed by atoms with E-state index in [2.05, 4.69) is 25.8 Å². The Hall–Kier alpha value is -0.500. The average Bonchev–Trinajstić information content (AvgIpc) is 2.10. The summed E-state index contributed by atoms with van der Waals surface area (Å²) in [5, 5.41) is 0. The van der Waals surface area contributed by atoms with E-state index in [0.29, 0.717) is 6.10 Å². The van der Waals surface area contributed by atoms with E-state index in [9.17, 15) is 0 Å². The number of rotatable bonds is 6.